The van der Waals surface area contributed by atoms with E-state index in [4.69, 9.17) is 4.74 Å². The van der Waals surface area contributed by atoms with Gasteiger partial charge in [0.25, 0.3) is 0 Å². The average Bonchev–Trinajstić information content (AvgIpc) is 3.29. The van der Waals surface area contributed by atoms with Gasteiger partial charge in [0.15, 0.2) is 0 Å². The highest BCUT2D eigenvalue weighted by Gasteiger charge is 2.24. The summed E-state index contributed by atoms with van der Waals surface area (Å²) in [6, 6.07) is -0.704. The van der Waals surface area contributed by atoms with Gasteiger partial charge in [-0.05, 0) is 83.5 Å². The fourth-order valence-corrected chi connectivity index (χ4v) is 8.63. The van der Waals surface area contributed by atoms with Crippen LogP contribution in [0.1, 0.15) is 297 Å². The molecule has 0 aliphatic heterocycles. The van der Waals surface area contributed by atoms with Crippen LogP contribution in [0.2, 0.25) is 0 Å². The molecule has 0 saturated heterocycles. The molecule has 376 valence electrons. The van der Waals surface area contributed by atoms with E-state index >= 15 is 0 Å². The summed E-state index contributed by atoms with van der Waals surface area (Å²) in [5.74, 6) is -0.482. The van der Waals surface area contributed by atoms with Crippen LogP contribution in [-0.4, -0.2) is 46.9 Å². The quantitative estimate of drug-likeness (QED) is 0.0321. The largest absolute Gasteiger partial charge is 0.462 e. The summed E-state index contributed by atoms with van der Waals surface area (Å²) in [7, 11) is 0. The Morgan fingerprint density at radius 1 is 0.453 bits per heavy atom. The molecule has 0 radical (unpaired) electrons. The van der Waals surface area contributed by atoms with Crippen LogP contribution in [-0.2, 0) is 14.3 Å². The van der Waals surface area contributed by atoms with E-state index < -0.39 is 18.2 Å². The fourth-order valence-electron chi connectivity index (χ4n) is 8.63. The van der Waals surface area contributed by atoms with Gasteiger partial charge in [0.2, 0.25) is 5.91 Å². The highest BCUT2D eigenvalue weighted by Crippen LogP contribution is 2.18. The second kappa shape index (κ2) is 52.1. The first kappa shape index (κ1) is 62.1. The third kappa shape index (κ3) is 46.6. The number of nitrogens with one attached hydrogen (secondary N) is 1. The van der Waals surface area contributed by atoms with Crippen molar-refractivity contribution in [3.05, 3.63) is 36.5 Å². The van der Waals surface area contributed by atoms with Crippen molar-refractivity contribution in [2.75, 3.05) is 6.61 Å². The number of esters is 1. The van der Waals surface area contributed by atoms with E-state index in [1.165, 1.54) is 180 Å². The van der Waals surface area contributed by atoms with Crippen molar-refractivity contribution in [2.24, 2.45) is 0 Å². The maximum absolute atomic E-state index is 13.2. The zero-order chi connectivity index (χ0) is 46.7. The molecule has 64 heavy (non-hydrogen) atoms. The lowest BCUT2D eigenvalue weighted by atomic mass is 10.0. The number of hydrogen-bond acceptors (Lipinski definition) is 5. The molecule has 6 heteroatoms. The van der Waals surface area contributed by atoms with Gasteiger partial charge in [-0.1, -0.05) is 237 Å². The first-order valence-electron chi connectivity index (χ1n) is 28.2. The molecule has 0 aromatic rings. The monoisotopic (exact) mass is 900 g/mol. The minimum absolute atomic E-state index is 0.0681. The molecule has 0 saturated carbocycles. The van der Waals surface area contributed by atoms with Gasteiger partial charge in [-0.25, -0.2) is 0 Å². The predicted octanol–water partition coefficient (Wildman–Crippen LogP) is 17.2. The molecular formula is C58H109NO5. The van der Waals surface area contributed by atoms with Crippen molar-refractivity contribution in [3.8, 4) is 0 Å². The molecule has 0 aliphatic carbocycles. The third-order valence-corrected chi connectivity index (χ3v) is 12.9. The lowest BCUT2D eigenvalue weighted by molar-refractivity contribution is -0.151. The van der Waals surface area contributed by atoms with E-state index in [1.54, 1.807) is 0 Å². The highest BCUT2D eigenvalue weighted by atomic mass is 16.5. The standard InChI is InChI=1S/C58H109NO5/c1-4-7-10-13-16-19-22-24-26-28-29-30-32-34-36-39-42-45-48-51-58(63)64-54(49-46-43-40-37-35-33-31-27-25-23-20-17-14-11-8-5-2)52-57(62)59-55(53-60)56(61)50-47-44-41-38-21-18-15-12-9-6-3/h16,19,24,26,33,35,54-56,60-61H,4-15,17-18,20-23,25,27-32,34,36-53H2,1-3H3,(H,59,62)/b19-16-,26-24-,35-33+. The number of carbonyl (C=O) groups is 2. The van der Waals surface area contributed by atoms with Crippen molar-refractivity contribution in [1.29, 1.82) is 0 Å². The molecule has 0 heterocycles. The zero-order valence-corrected chi connectivity index (χ0v) is 42.9. The first-order valence-corrected chi connectivity index (χ1v) is 28.2. The fraction of sp³-hybridized carbons (Fsp3) is 0.862. The van der Waals surface area contributed by atoms with Gasteiger partial charge in [-0.3, -0.25) is 9.59 Å². The average molecular weight is 901 g/mol. The van der Waals surface area contributed by atoms with Crippen LogP contribution in [0.5, 0.6) is 0 Å². The van der Waals surface area contributed by atoms with Crippen molar-refractivity contribution in [1.82, 2.24) is 5.32 Å². The Morgan fingerprint density at radius 3 is 1.25 bits per heavy atom. The number of amides is 1. The summed E-state index contributed by atoms with van der Waals surface area (Å²) in [6.45, 7) is 6.47. The number of unbranched alkanes of at least 4 members (excludes halogenated alkanes) is 33. The van der Waals surface area contributed by atoms with Crippen molar-refractivity contribution in [3.63, 3.8) is 0 Å². The Morgan fingerprint density at radius 2 is 0.797 bits per heavy atom. The van der Waals surface area contributed by atoms with E-state index in [-0.39, 0.29) is 24.9 Å². The van der Waals surface area contributed by atoms with Crippen LogP contribution in [0.3, 0.4) is 0 Å². The topological polar surface area (TPSA) is 95.9 Å². The Labute approximate surface area is 398 Å². The van der Waals surface area contributed by atoms with E-state index in [0.29, 0.717) is 19.3 Å². The Hall–Kier alpha value is -1.92. The predicted molar refractivity (Wildman–Crippen MR) is 278 cm³/mol. The summed E-state index contributed by atoms with van der Waals surface area (Å²) in [5, 5.41) is 23.8. The van der Waals surface area contributed by atoms with Crippen molar-refractivity contribution in [2.45, 2.75) is 315 Å². The molecule has 3 atom stereocenters. The molecular weight excluding hydrogens is 791 g/mol. The van der Waals surface area contributed by atoms with Gasteiger partial charge in [-0.2, -0.15) is 0 Å². The number of hydrogen-bond donors (Lipinski definition) is 3. The van der Waals surface area contributed by atoms with Crippen LogP contribution in [0.15, 0.2) is 36.5 Å². The normalized spacial score (nSPS) is 13.4. The molecule has 0 aromatic carbocycles. The smallest absolute Gasteiger partial charge is 0.306 e. The SMILES string of the molecule is CCCCC/C=C\C/C=C\CCCCCCCCCCCC(=O)OC(CCCCC/C=C/CCCCCCCCCCC)CC(=O)NC(CO)C(O)CCCCCCCCCCCC. The second-order valence-corrected chi connectivity index (χ2v) is 19.3. The highest BCUT2D eigenvalue weighted by molar-refractivity contribution is 5.77. The lowest BCUT2D eigenvalue weighted by Gasteiger charge is -2.24. The number of aliphatic hydroxyl groups is 2. The van der Waals surface area contributed by atoms with Gasteiger partial charge >= 0.3 is 5.97 Å². The molecule has 3 unspecified atom stereocenters. The summed E-state index contributed by atoms with van der Waals surface area (Å²) < 4.78 is 5.95. The molecule has 0 aromatic heterocycles. The number of carbonyl (C=O) groups excluding carboxylic acids is 2. The maximum Gasteiger partial charge on any atom is 0.306 e. The summed E-state index contributed by atoms with van der Waals surface area (Å²) in [4.78, 5) is 26.2. The molecule has 0 fully saturated rings. The van der Waals surface area contributed by atoms with E-state index in [2.05, 4.69) is 62.5 Å². The van der Waals surface area contributed by atoms with Crippen LogP contribution in [0.4, 0.5) is 0 Å². The summed E-state index contributed by atoms with van der Waals surface area (Å²) in [5.41, 5.74) is 0. The molecule has 3 N–H and O–H groups in total. The molecule has 0 aliphatic rings. The minimum atomic E-state index is -0.790. The lowest BCUT2D eigenvalue weighted by Crippen LogP contribution is -2.46. The van der Waals surface area contributed by atoms with Gasteiger partial charge in [0, 0.05) is 6.42 Å². The van der Waals surface area contributed by atoms with Crippen molar-refractivity contribution < 1.29 is 24.5 Å². The van der Waals surface area contributed by atoms with Crippen molar-refractivity contribution >= 4 is 11.9 Å². The summed E-state index contributed by atoms with van der Waals surface area (Å²) >= 11 is 0. The number of allylic oxidation sites excluding steroid dienone is 6. The number of ether oxygens (including phenoxy) is 1. The first-order chi connectivity index (χ1) is 31.5. The van der Waals surface area contributed by atoms with Gasteiger partial charge in [0.1, 0.15) is 6.10 Å². The van der Waals surface area contributed by atoms with Crippen LogP contribution < -0.4 is 5.32 Å². The molecule has 0 spiro atoms. The van der Waals surface area contributed by atoms with Crippen LogP contribution in [0.25, 0.3) is 0 Å². The van der Waals surface area contributed by atoms with E-state index in [0.717, 1.165) is 70.6 Å². The molecule has 1 amide bonds. The third-order valence-electron chi connectivity index (χ3n) is 12.9. The number of rotatable bonds is 51. The van der Waals surface area contributed by atoms with Crippen LogP contribution in [0, 0.1) is 0 Å². The second-order valence-electron chi connectivity index (χ2n) is 19.3. The molecule has 0 bridgehead atoms. The van der Waals surface area contributed by atoms with Gasteiger partial charge in [-0.15, -0.1) is 0 Å². The Balaban J connectivity index is 4.54. The maximum atomic E-state index is 13.2. The molecule has 6 nitrogen and oxygen atoms in total. The minimum Gasteiger partial charge on any atom is -0.462 e. The van der Waals surface area contributed by atoms with E-state index in [1.807, 2.05) is 0 Å². The number of aliphatic hydroxyl groups excluding tert-OH is 2. The Bertz CT molecular complexity index is 1060. The van der Waals surface area contributed by atoms with E-state index in [9.17, 15) is 19.8 Å². The van der Waals surface area contributed by atoms with Gasteiger partial charge < -0.3 is 20.3 Å². The van der Waals surface area contributed by atoms with Gasteiger partial charge in [0.05, 0.1) is 25.2 Å². The van der Waals surface area contributed by atoms with Crippen LogP contribution >= 0.6 is 0 Å². The summed E-state index contributed by atoms with van der Waals surface area (Å²) in [6.07, 6.45) is 62.1. The molecule has 0 rings (SSSR count). The Kier molecular flexibility index (Phi) is 50.5. The zero-order valence-electron chi connectivity index (χ0n) is 42.9.